The second kappa shape index (κ2) is 7.41. The minimum atomic E-state index is 0.423. The lowest BCUT2D eigenvalue weighted by Crippen LogP contribution is -2.30. The Morgan fingerprint density at radius 3 is 2.71 bits per heavy atom. The Labute approximate surface area is 128 Å². The number of rotatable bonds is 7. The van der Waals surface area contributed by atoms with Crippen LogP contribution in [0.3, 0.4) is 0 Å². The van der Waals surface area contributed by atoms with Crippen LogP contribution in [0.15, 0.2) is 36.5 Å². The summed E-state index contributed by atoms with van der Waals surface area (Å²) in [6.07, 6.45) is 5.21. The van der Waals surface area contributed by atoms with Gasteiger partial charge in [-0.2, -0.15) is 5.10 Å². The number of aryl methyl sites for hydroxylation is 1. The van der Waals surface area contributed by atoms with E-state index in [0.717, 1.165) is 19.3 Å². The van der Waals surface area contributed by atoms with Crippen molar-refractivity contribution < 1.29 is 0 Å². The fourth-order valence-corrected chi connectivity index (χ4v) is 2.57. The number of nitrogens with zero attached hydrogens (tertiary/aromatic N) is 2. The summed E-state index contributed by atoms with van der Waals surface area (Å²) >= 11 is 0. The highest BCUT2D eigenvalue weighted by molar-refractivity contribution is 5.23. The van der Waals surface area contributed by atoms with Crippen molar-refractivity contribution in [3.8, 4) is 0 Å². The number of nitrogens with one attached hydrogen (secondary N) is 1. The maximum atomic E-state index is 4.70. The van der Waals surface area contributed by atoms with E-state index in [0.29, 0.717) is 12.1 Å². The molecule has 1 N–H and O–H groups in total. The molecule has 21 heavy (non-hydrogen) atoms. The molecule has 114 valence electrons. The Morgan fingerprint density at radius 2 is 2.05 bits per heavy atom. The van der Waals surface area contributed by atoms with Gasteiger partial charge < -0.3 is 5.32 Å². The van der Waals surface area contributed by atoms with Crippen molar-refractivity contribution in [3.63, 3.8) is 0 Å². The molecule has 0 saturated carbocycles. The molecule has 1 heterocycles. The van der Waals surface area contributed by atoms with Gasteiger partial charge in [0.05, 0.1) is 5.69 Å². The molecule has 2 aromatic rings. The summed E-state index contributed by atoms with van der Waals surface area (Å²) in [6, 6.07) is 11.8. The van der Waals surface area contributed by atoms with Gasteiger partial charge >= 0.3 is 0 Å². The fourth-order valence-electron chi connectivity index (χ4n) is 2.57. The summed E-state index contributed by atoms with van der Waals surface area (Å²) in [6.45, 7) is 6.55. The van der Waals surface area contributed by atoms with Gasteiger partial charge in [-0.15, -0.1) is 0 Å². The maximum absolute atomic E-state index is 4.70. The fraction of sp³-hybridized carbons (Fsp3) is 0.500. The Hall–Kier alpha value is -1.61. The van der Waals surface area contributed by atoms with Gasteiger partial charge in [0.2, 0.25) is 0 Å². The minimum absolute atomic E-state index is 0.423. The molecule has 0 fully saturated rings. The molecule has 0 spiro atoms. The quantitative estimate of drug-likeness (QED) is 0.843. The highest BCUT2D eigenvalue weighted by Crippen LogP contribution is 2.13. The van der Waals surface area contributed by atoms with Crippen LogP contribution < -0.4 is 5.32 Å². The summed E-state index contributed by atoms with van der Waals surface area (Å²) in [5, 5.41) is 8.13. The van der Waals surface area contributed by atoms with Crippen molar-refractivity contribution in [1.29, 1.82) is 0 Å². The van der Waals surface area contributed by atoms with Gasteiger partial charge in [0.15, 0.2) is 0 Å². The van der Waals surface area contributed by atoms with Crippen LogP contribution in [-0.4, -0.2) is 22.9 Å². The highest BCUT2D eigenvalue weighted by Gasteiger charge is 2.12. The van der Waals surface area contributed by atoms with Crippen LogP contribution in [0.4, 0.5) is 0 Å². The third kappa shape index (κ3) is 4.43. The smallest absolute Gasteiger partial charge is 0.0640 e. The molecule has 2 unspecified atom stereocenters. The van der Waals surface area contributed by atoms with Crippen LogP contribution in [0.1, 0.15) is 43.1 Å². The number of hydrogen-bond acceptors (Lipinski definition) is 2. The van der Waals surface area contributed by atoms with Crippen molar-refractivity contribution in [1.82, 2.24) is 15.1 Å². The van der Waals surface area contributed by atoms with Gasteiger partial charge in [0.1, 0.15) is 0 Å². The summed E-state index contributed by atoms with van der Waals surface area (Å²) in [4.78, 5) is 0. The van der Waals surface area contributed by atoms with E-state index < -0.39 is 0 Å². The van der Waals surface area contributed by atoms with E-state index in [1.807, 2.05) is 7.05 Å². The molecule has 2 atom stereocenters. The molecule has 0 aliphatic heterocycles. The molecular formula is C18H27N3. The zero-order valence-electron chi connectivity index (χ0n) is 13.6. The Morgan fingerprint density at radius 1 is 1.24 bits per heavy atom. The predicted molar refractivity (Wildman–Crippen MR) is 88.7 cm³/mol. The van der Waals surface area contributed by atoms with Gasteiger partial charge in [-0.25, -0.2) is 0 Å². The lowest BCUT2D eigenvalue weighted by atomic mass is 10.0. The third-order valence-corrected chi connectivity index (χ3v) is 4.13. The van der Waals surface area contributed by atoms with Crippen molar-refractivity contribution in [3.05, 3.63) is 53.3 Å². The molecule has 1 aromatic carbocycles. The van der Waals surface area contributed by atoms with E-state index in [2.05, 4.69) is 67.3 Å². The average molecular weight is 285 g/mol. The van der Waals surface area contributed by atoms with Crippen LogP contribution in [0, 0.1) is 6.92 Å². The first-order chi connectivity index (χ1) is 10.1. The first kappa shape index (κ1) is 15.8. The molecule has 0 bridgehead atoms. The monoisotopic (exact) mass is 285 g/mol. The van der Waals surface area contributed by atoms with Crippen molar-refractivity contribution >= 4 is 0 Å². The topological polar surface area (TPSA) is 29.9 Å². The molecule has 0 amide bonds. The average Bonchev–Trinajstić information content (AvgIpc) is 2.94. The molecule has 1 aromatic heterocycles. The van der Waals surface area contributed by atoms with Crippen LogP contribution in [0.5, 0.6) is 0 Å². The number of hydrogen-bond donors (Lipinski definition) is 1. The number of benzene rings is 1. The van der Waals surface area contributed by atoms with Gasteiger partial charge in [-0.05, 0) is 45.4 Å². The van der Waals surface area contributed by atoms with E-state index in [-0.39, 0.29) is 0 Å². The lowest BCUT2D eigenvalue weighted by Gasteiger charge is -2.15. The maximum Gasteiger partial charge on any atom is 0.0640 e. The number of likely N-dealkylation sites (N-methyl/N-ethyl adjacent to an activating group) is 1. The van der Waals surface area contributed by atoms with Gasteiger partial charge in [-0.1, -0.05) is 36.8 Å². The molecule has 0 radical (unpaired) electrons. The van der Waals surface area contributed by atoms with Crippen LogP contribution in [0.25, 0.3) is 0 Å². The zero-order valence-corrected chi connectivity index (χ0v) is 13.6. The van der Waals surface area contributed by atoms with Gasteiger partial charge in [0.25, 0.3) is 0 Å². The molecular weight excluding hydrogens is 258 g/mol. The standard InChI is InChI=1S/C18H27N3/c1-5-15(3)21-10-9-17(20-21)13-18(19-4)12-16-8-6-7-14(2)11-16/h6-11,15,18-19H,5,12-13H2,1-4H3. The normalized spacial score (nSPS) is 14.1. The van der Waals surface area contributed by atoms with E-state index in [9.17, 15) is 0 Å². The highest BCUT2D eigenvalue weighted by atomic mass is 15.3. The summed E-state index contributed by atoms with van der Waals surface area (Å²) in [5.41, 5.74) is 3.88. The zero-order chi connectivity index (χ0) is 15.2. The summed E-state index contributed by atoms with van der Waals surface area (Å²) in [5.74, 6) is 0. The molecule has 2 rings (SSSR count). The molecule has 3 nitrogen and oxygen atoms in total. The van der Waals surface area contributed by atoms with Crippen molar-refractivity contribution in [2.45, 2.75) is 52.1 Å². The second-order valence-corrected chi connectivity index (χ2v) is 5.93. The summed E-state index contributed by atoms with van der Waals surface area (Å²) in [7, 11) is 2.03. The predicted octanol–water partition coefficient (Wildman–Crippen LogP) is 3.54. The first-order valence-corrected chi connectivity index (χ1v) is 7.89. The van der Waals surface area contributed by atoms with Crippen molar-refractivity contribution in [2.75, 3.05) is 7.05 Å². The van der Waals surface area contributed by atoms with Crippen molar-refractivity contribution in [2.24, 2.45) is 0 Å². The van der Waals surface area contributed by atoms with Crippen LogP contribution in [0.2, 0.25) is 0 Å². The Kier molecular flexibility index (Phi) is 5.57. The minimum Gasteiger partial charge on any atom is -0.316 e. The van der Waals surface area contributed by atoms with Crippen LogP contribution in [-0.2, 0) is 12.8 Å². The van der Waals surface area contributed by atoms with Crippen LogP contribution >= 0.6 is 0 Å². The van der Waals surface area contributed by atoms with E-state index in [4.69, 9.17) is 5.10 Å². The van der Waals surface area contributed by atoms with Gasteiger partial charge in [0, 0.05) is 24.7 Å². The Bertz CT molecular complexity index is 559. The molecule has 0 saturated heterocycles. The summed E-state index contributed by atoms with van der Waals surface area (Å²) < 4.78 is 2.08. The van der Waals surface area contributed by atoms with Gasteiger partial charge in [-0.3, -0.25) is 4.68 Å². The first-order valence-electron chi connectivity index (χ1n) is 7.89. The SMILES string of the molecule is CCC(C)n1ccc(CC(Cc2cccc(C)c2)NC)n1. The Balaban J connectivity index is 2.00. The van der Waals surface area contributed by atoms with E-state index in [1.54, 1.807) is 0 Å². The molecule has 0 aliphatic carbocycles. The number of aromatic nitrogens is 2. The van der Waals surface area contributed by atoms with E-state index >= 15 is 0 Å². The largest absolute Gasteiger partial charge is 0.316 e. The lowest BCUT2D eigenvalue weighted by molar-refractivity contribution is 0.467. The van der Waals surface area contributed by atoms with E-state index in [1.165, 1.54) is 16.8 Å². The molecule has 0 aliphatic rings. The third-order valence-electron chi connectivity index (χ3n) is 4.13. The second-order valence-electron chi connectivity index (χ2n) is 5.93. The molecule has 3 heteroatoms.